The van der Waals surface area contributed by atoms with Crippen LogP contribution in [0.5, 0.6) is 5.75 Å². The maximum Gasteiger partial charge on any atom is 0.153 e. The molecule has 156 valence electrons. The lowest BCUT2D eigenvalue weighted by Crippen LogP contribution is -2.33. The number of fused-ring (bicyclic) bond motifs is 1. The number of rotatable bonds is 7. The lowest BCUT2D eigenvalue weighted by atomic mass is 10.1. The molecule has 4 rings (SSSR count). The maximum absolute atomic E-state index is 13.3. The number of anilines is 2. The third-order valence-electron chi connectivity index (χ3n) is 5.17. The van der Waals surface area contributed by atoms with Crippen LogP contribution in [-0.2, 0) is 18.0 Å². The highest BCUT2D eigenvalue weighted by atomic mass is 19.1. The van der Waals surface area contributed by atoms with Crippen LogP contribution < -0.4 is 15.0 Å². The third-order valence-corrected chi connectivity index (χ3v) is 5.17. The maximum atomic E-state index is 13.3. The van der Waals surface area contributed by atoms with Crippen LogP contribution in [0.4, 0.5) is 15.9 Å². The molecule has 1 aromatic heterocycles. The topological polar surface area (TPSA) is 66.9 Å². The first kappa shape index (κ1) is 20.1. The van der Waals surface area contributed by atoms with Gasteiger partial charge in [0.2, 0.25) is 0 Å². The SMILES string of the molecule is CC(Nc1nccc2c1N(Cc1ccc(F)cc1)CCO2)c1ccc(COO)cc1. The monoisotopic (exact) mass is 409 g/mol. The van der Waals surface area contributed by atoms with E-state index in [1.165, 1.54) is 12.1 Å². The first-order valence-corrected chi connectivity index (χ1v) is 9.87. The molecule has 3 aromatic rings. The fourth-order valence-corrected chi connectivity index (χ4v) is 3.58. The molecule has 1 aliphatic rings. The van der Waals surface area contributed by atoms with Crippen molar-refractivity contribution >= 4 is 11.5 Å². The van der Waals surface area contributed by atoms with Crippen molar-refractivity contribution in [2.45, 2.75) is 26.1 Å². The molecule has 0 amide bonds. The molecule has 1 atom stereocenters. The van der Waals surface area contributed by atoms with E-state index < -0.39 is 0 Å². The minimum absolute atomic E-state index is 0.00249. The van der Waals surface area contributed by atoms with Gasteiger partial charge in [0.15, 0.2) is 5.82 Å². The van der Waals surface area contributed by atoms with E-state index in [1.54, 1.807) is 18.3 Å². The summed E-state index contributed by atoms with van der Waals surface area (Å²) in [6.07, 6.45) is 1.73. The summed E-state index contributed by atoms with van der Waals surface area (Å²) >= 11 is 0. The Hall–Kier alpha value is -3.16. The number of nitrogens with zero attached hydrogens (tertiary/aromatic N) is 2. The summed E-state index contributed by atoms with van der Waals surface area (Å²) in [5.41, 5.74) is 3.90. The number of ether oxygens (including phenoxy) is 1. The van der Waals surface area contributed by atoms with E-state index in [9.17, 15) is 4.39 Å². The Bertz CT molecular complexity index is 980. The Morgan fingerprint density at radius 2 is 1.87 bits per heavy atom. The summed E-state index contributed by atoms with van der Waals surface area (Å²) in [6, 6.07) is 16.3. The summed E-state index contributed by atoms with van der Waals surface area (Å²) in [7, 11) is 0. The second kappa shape index (κ2) is 9.11. The zero-order valence-corrected chi connectivity index (χ0v) is 16.7. The molecule has 1 unspecified atom stereocenters. The van der Waals surface area contributed by atoms with Gasteiger partial charge in [-0.05, 0) is 35.7 Å². The molecular formula is C23H24FN3O3. The molecule has 0 aliphatic carbocycles. The first-order chi connectivity index (χ1) is 14.6. The average Bonchev–Trinajstić information content (AvgIpc) is 2.76. The molecule has 2 heterocycles. The first-order valence-electron chi connectivity index (χ1n) is 9.87. The fourth-order valence-electron chi connectivity index (χ4n) is 3.58. The Balaban J connectivity index is 1.56. The fraction of sp³-hybridized carbons (Fsp3) is 0.261. The van der Waals surface area contributed by atoms with E-state index in [2.05, 4.69) is 27.0 Å². The molecule has 0 fully saturated rings. The normalized spacial score (nSPS) is 14.0. The number of hydrogen-bond acceptors (Lipinski definition) is 6. The Morgan fingerprint density at radius 3 is 2.60 bits per heavy atom. The number of hydrogen-bond donors (Lipinski definition) is 2. The highest BCUT2D eigenvalue weighted by molar-refractivity contribution is 5.74. The van der Waals surface area contributed by atoms with Gasteiger partial charge in [0.25, 0.3) is 0 Å². The van der Waals surface area contributed by atoms with Gasteiger partial charge in [-0.25, -0.2) is 14.3 Å². The molecular weight excluding hydrogens is 385 g/mol. The van der Waals surface area contributed by atoms with Crippen LogP contribution in [0.15, 0.2) is 60.8 Å². The molecule has 0 bridgehead atoms. The van der Waals surface area contributed by atoms with Crippen LogP contribution >= 0.6 is 0 Å². The third kappa shape index (κ3) is 4.53. The quantitative estimate of drug-likeness (QED) is 0.432. The van der Waals surface area contributed by atoms with Crippen LogP contribution in [0, 0.1) is 5.82 Å². The van der Waals surface area contributed by atoms with Crippen LogP contribution in [0.2, 0.25) is 0 Å². The van der Waals surface area contributed by atoms with Crippen molar-refractivity contribution in [3.8, 4) is 5.75 Å². The molecule has 2 N–H and O–H groups in total. The standard InChI is InChI=1S/C23H24FN3O3/c1-16(19-6-2-18(3-7-19)15-30-28)26-23-22-21(10-11-25-23)29-13-12-27(22)14-17-4-8-20(24)9-5-17/h2-11,16,28H,12-15H2,1H3,(H,25,26). The van der Waals surface area contributed by atoms with Gasteiger partial charge in [-0.15, -0.1) is 0 Å². The molecule has 7 heteroatoms. The van der Waals surface area contributed by atoms with Crippen molar-refractivity contribution in [3.05, 3.63) is 83.3 Å². The summed E-state index contributed by atoms with van der Waals surface area (Å²) in [5.74, 6) is 1.28. The average molecular weight is 409 g/mol. The van der Waals surface area contributed by atoms with Crippen molar-refractivity contribution in [3.63, 3.8) is 0 Å². The van der Waals surface area contributed by atoms with Gasteiger partial charge in [0, 0.05) is 18.8 Å². The van der Waals surface area contributed by atoms with E-state index >= 15 is 0 Å². The number of halogens is 1. The van der Waals surface area contributed by atoms with E-state index in [1.807, 2.05) is 30.3 Å². The molecule has 0 saturated carbocycles. The smallest absolute Gasteiger partial charge is 0.153 e. The lowest BCUT2D eigenvalue weighted by Gasteiger charge is -2.33. The predicted octanol–water partition coefficient (Wildman–Crippen LogP) is 4.78. The summed E-state index contributed by atoms with van der Waals surface area (Å²) in [4.78, 5) is 11.0. The largest absolute Gasteiger partial charge is 0.489 e. The van der Waals surface area contributed by atoms with E-state index in [-0.39, 0.29) is 18.5 Å². The van der Waals surface area contributed by atoms with Crippen molar-refractivity contribution in [1.29, 1.82) is 0 Å². The number of aromatic nitrogens is 1. The molecule has 0 spiro atoms. The molecule has 2 aromatic carbocycles. The molecule has 6 nitrogen and oxygen atoms in total. The van der Waals surface area contributed by atoms with Crippen LogP contribution in [-0.4, -0.2) is 23.4 Å². The second-order valence-corrected chi connectivity index (χ2v) is 7.28. The minimum Gasteiger partial charge on any atom is -0.489 e. The molecule has 0 radical (unpaired) electrons. The van der Waals surface area contributed by atoms with Crippen molar-refractivity contribution in [1.82, 2.24) is 4.98 Å². The molecule has 0 saturated heterocycles. The van der Waals surface area contributed by atoms with Gasteiger partial charge in [0.05, 0.1) is 12.6 Å². The summed E-state index contributed by atoms with van der Waals surface area (Å²) in [5, 5.41) is 12.1. The van der Waals surface area contributed by atoms with Gasteiger partial charge in [-0.1, -0.05) is 36.4 Å². The second-order valence-electron chi connectivity index (χ2n) is 7.28. The summed E-state index contributed by atoms with van der Waals surface area (Å²) in [6.45, 7) is 4.16. The highest BCUT2D eigenvalue weighted by Gasteiger charge is 2.24. The Morgan fingerprint density at radius 1 is 1.13 bits per heavy atom. The lowest BCUT2D eigenvalue weighted by molar-refractivity contribution is -0.253. The van der Waals surface area contributed by atoms with Crippen molar-refractivity contribution in [2.24, 2.45) is 0 Å². The van der Waals surface area contributed by atoms with E-state index in [0.717, 1.165) is 40.5 Å². The van der Waals surface area contributed by atoms with E-state index in [0.29, 0.717) is 13.2 Å². The Labute approximate surface area is 174 Å². The van der Waals surface area contributed by atoms with Crippen molar-refractivity contribution < 1.29 is 19.3 Å². The highest BCUT2D eigenvalue weighted by Crippen LogP contribution is 2.39. The number of pyridine rings is 1. The van der Waals surface area contributed by atoms with Gasteiger partial charge < -0.3 is 15.0 Å². The summed E-state index contributed by atoms with van der Waals surface area (Å²) < 4.78 is 19.1. The predicted molar refractivity (Wildman–Crippen MR) is 113 cm³/mol. The van der Waals surface area contributed by atoms with Crippen LogP contribution in [0.1, 0.15) is 29.7 Å². The van der Waals surface area contributed by atoms with Gasteiger partial charge >= 0.3 is 0 Å². The van der Waals surface area contributed by atoms with E-state index in [4.69, 9.17) is 9.99 Å². The van der Waals surface area contributed by atoms with Crippen LogP contribution in [0.25, 0.3) is 0 Å². The number of nitrogens with one attached hydrogen (secondary N) is 1. The molecule has 1 aliphatic heterocycles. The van der Waals surface area contributed by atoms with Gasteiger partial charge in [-0.2, -0.15) is 0 Å². The van der Waals surface area contributed by atoms with Crippen LogP contribution in [0.3, 0.4) is 0 Å². The van der Waals surface area contributed by atoms with Gasteiger partial charge in [0.1, 0.15) is 30.5 Å². The van der Waals surface area contributed by atoms with Gasteiger partial charge in [-0.3, -0.25) is 5.26 Å². The Kier molecular flexibility index (Phi) is 6.11. The zero-order valence-electron chi connectivity index (χ0n) is 16.7. The zero-order chi connectivity index (χ0) is 20.9. The number of benzene rings is 2. The minimum atomic E-state index is -0.240. The molecule has 30 heavy (non-hydrogen) atoms. The van der Waals surface area contributed by atoms with Crippen molar-refractivity contribution in [2.75, 3.05) is 23.4 Å².